The molecule has 1 aliphatic heterocycles. The molecule has 12 heteroatoms. The van der Waals surface area contributed by atoms with Crippen molar-refractivity contribution in [2.45, 2.75) is 20.0 Å². The summed E-state index contributed by atoms with van der Waals surface area (Å²) in [6.07, 6.45) is 1.80. The fourth-order valence-corrected chi connectivity index (χ4v) is 4.33. The first-order valence-corrected chi connectivity index (χ1v) is 12.3. The van der Waals surface area contributed by atoms with Gasteiger partial charge in [0.05, 0.1) is 29.2 Å². The van der Waals surface area contributed by atoms with Crippen LogP contribution in [-0.4, -0.2) is 34.7 Å². The normalized spacial score (nSPS) is 12.3. The number of hydrogen-bond acceptors (Lipinski definition) is 9. The number of hydrogen-bond donors (Lipinski definition) is 0. The van der Waals surface area contributed by atoms with Crippen molar-refractivity contribution in [3.05, 3.63) is 90.4 Å². The molecular formula is C26H21BrN4O7. The molecule has 0 saturated carbocycles. The van der Waals surface area contributed by atoms with Crippen LogP contribution in [0.4, 0.5) is 5.69 Å². The Kier molecular flexibility index (Phi) is 6.97. The van der Waals surface area contributed by atoms with Crippen molar-refractivity contribution in [2.24, 2.45) is 5.10 Å². The lowest BCUT2D eigenvalue weighted by atomic mass is 10.1. The zero-order valence-electron chi connectivity index (χ0n) is 20.3. The Labute approximate surface area is 224 Å². The maximum atomic E-state index is 13.1. The number of nitro benzene ring substituents is 1. The number of rotatable bonds is 8. The first-order chi connectivity index (χ1) is 18.4. The van der Waals surface area contributed by atoms with Crippen molar-refractivity contribution in [3.8, 4) is 23.0 Å². The number of nitrogens with zero attached hydrogens (tertiary/aromatic N) is 4. The van der Waals surface area contributed by atoms with Gasteiger partial charge in [0.25, 0.3) is 5.56 Å². The summed E-state index contributed by atoms with van der Waals surface area (Å²) < 4.78 is 23.8. The zero-order valence-corrected chi connectivity index (χ0v) is 21.9. The van der Waals surface area contributed by atoms with E-state index in [1.54, 1.807) is 36.4 Å². The fourth-order valence-electron chi connectivity index (χ4n) is 3.97. The minimum atomic E-state index is -0.562. The largest absolute Gasteiger partial charge is 0.493 e. The highest BCUT2D eigenvalue weighted by Crippen LogP contribution is 2.39. The van der Waals surface area contributed by atoms with Crippen LogP contribution in [0.15, 0.2) is 62.9 Å². The van der Waals surface area contributed by atoms with E-state index in [2.05, 4.69) is 26.0 Å². The Morgan fingerprint density at radius 3 is 2.76 bits per heavy atom. The van der Waals surface area contributed by atoms with Gasteiger partial charge in [0.2, 0.25) is 12.5 Å². The highest BCUT2D eigenvalue weighted by molar-refractivity contribution is 9.10. The van der Waals surface area contributed by atoms with Crippen molar-refractivity contribution in [1.29, 1.82) is 0 Å². The minimum absolute atomic E-state index is 0.0315. The number of nitro groups is 1. The van der Waals surface area contributed by atoms with E-state index in [4.69, 9.17) is 18.9 Å². The van der Waals surface area contributed by atoms with E-state index in [0.717, 1.165) is 10.0 Å². The van der Waals surface area contributed by atoms with Crippen molar-refractivity contribution in [3.63, 3.8) is 0 Å². The molecule has 1 aromatic heterocycles. The number of aryl methyl sites for hydroxylation is 1. The average Bonchev–Trinajstić information content (AvgIpc) is 3.39. The van der Waals surface area contributed by atoms with E-state index in [-0.39, 0.29) is 36.1 Å². The third-order valence-corrected chi connectivity index (χ3v) is 6.30. The highest BCUT2D eigenvalue weighted by Gasteiger charge is 2.23. The number of fused-ring (bicyclic) bond motifs is 2. The van der Waals surface area contributed by atoms with Gasteiger partial charge in [-0.25, -0.2) is 4.98 Å². The second-order valence-electron chi connectivity index (χ2n) is 8.21. The van der Waals surface area contributed by atoms with Crippen LogP contribution >= 0.6 is 15.9 Å². The molecule has 4 aromatic rings. The summed E-state index contributed by atoms with van der Waals surface area (Å²) >= 11 is 3.37. The predicted molar refractivity (Wildman–Crippen MR) is 143 cm³/mol. The lowest BCUT2D eigenvalue weighted by Gasteiger charge is -2.12. The summed E-state index contributed by atoms with van der Waals surface area (Å²) in [7, 11) is 1.39. The van der Waals surface area contributed by atoms with Gasteiger partial charge in [-0.05, 0) is 42.0 Å². The minimum Gasteiger partial charge on any atom is -0.493 e. The van der Waals surface area contributed by atoms with Crippen LogP contribution in [0.25, 0.3) is 10.9 Å². The molecule has 38 heavy (non-hydrogen) atoms. The number of aromatic nitrogens is 2. The Morgan fingerprint density at radius 2 is 2.00 bits per heavy atom. The van der Waals surface area contributed by atoms with Crippen LogP contribution in [0.1, 0.15) is 23.9 Å². The number of methoxy groups -OCH3 is 1. The molecule has 0 amide bonds. The van der Waals surface area contributed by atoms with Crippen LogP contribution in [0.3, 0.4) is 0 Å². The maximum Gasteiger partial charge on any atom is 0.315 e. The van der Waals surface area contributed by atoms with Gasteiger partial charge >= 0.3 is 5.69 Å². The molecular weight excluding hydrogens is 560 g/mol. The fraction of sp³-hybridized carbons (Fsp3) is 0.192. The molecule has 0 fully saturated rings. The van der Waals surface area contributed by atoms with E-state index in [0.29, 0.717) is 40.2 Å². The van der Waals surface area contributed by atoms with Crippen LogP contribution in [0.2, 0.25) is 0 Å². The Hall–Kier alpha value is -4.45. The molecule has 0 N–H and O–H groups in total. The second-order valence-corrected chi connectivity index (χ2v) is 9.13. The van der Waals surface area contributed by atoms with Crippen LogP contribution in [-0.2, 0) is 13.0 Å². The van der Waals surface area contributed by atoms with Gasteiger partial charge in [-0.3, -0.25) is 14.9 Å². The summed E-state index contributed by atoms with van der Waals surface area (Å²) in [5, 5.41) is 16.6. The number of halogens is 1. The summed E-state index contributed by atoms with van der Waals surface area (Å²) in [6, 6.07) is 13.4. The van der Waals surface area contributed by atoms with E-state index in [1.807, 2.05) is 13.0 Å². The van der Waals surface area contributed by atoms with Gasteiger partial charge in [0.1, 0.15) is 12.4 Å². The zero-order chi connectivity index (χ0) is 26.8. The molecule has 0 radical (unpaired) electrons. The lowest BCUT2D eigenvalue weighted by molar-refractivity contribution is -0.386. The Morgan fingerprint density at radius 1 is 1.18 bits per heavy atom. The van der Waals surface area contributed by atoms with Crippen molar-refractivity contribution in [2.75, 3.05) is 13.9 Å². The van der Waals surface area contributed by atoms with Crippen LogP contribution in [0, 0.1) is 10.1 Å². The summed E-state index contributed by atoms with van der Waals surface area (Å²) in [5.41, 5.74) is 0.970. The van der Waals surface area contributed by atoms with Gasteiger partial charge in [0.15, 0.2) is 17.2 Å². The van der Waals surface area contributed by atoms with Gasteiger partial charge in [0, 0.05) is 22.5 Å². The predicted octanol–water partition coefficient (Wildman–Crippen LogP) is 4.83. The molecule has 11 nitrogen and oxygen atoms in total. The third-order valence-electron chi connectivity index (χ3n) is 5.81. The average molecular weight is 581 g/mol. The van der Waals surface area contributed by atoms with Gasteiger partial charge in [-0.15, -0.1) is 0 Å². The highest BCUT2D eigenvalue weighted by atomic mass is 79.9. The molecule has 1 aliphatic rings. The molecule has 0 saturated heterocycles. The molecule has 0 spiro atoms. The van der Waals surface area contributed by atoms with E-state index >= 15 is 0 Å². The molecule has 0 unspecified atom stereocenters. The first-order valence-electron chi connectivity index (χ1n) is 11.5. The maximum absolute atomic E-state index is 13.1. The standard InChI is InChI=1S/C26H21BrN4O7/c1-3-24-29-19-6-5-17(27)11-18(19)26(32)30(24)28-12-16-8-20(31(33)34)25(23(10-16)35-2)36-13-15-4-7-21-22(9-15)38-14-37-21/h4-12H,3,13-14H2,1-2H3. The SMILES string of the molecule is CCc1nc2ccc(Br)cc2c(=O)n1N=Cc1cc(OC)c(OCc2ccc3c(c2)OCO3)c([N+](=O)[O-])c1. The first kappa shape index (κ1) is 25.2. The smallest absolute Gasteiger partial charge is 0.315 e. The lowest BCUT2D eigenvalue weighted by Crippen LogP contribution is -2.22. The molecule has 2 heterocycles. The van der Waals surface area contributed by atoms with Crippen molar-refractivity contribution in [1.82, 2.24) is 9.66 Å². The molecule has 0 atom stereocenters. The molecule has 3 aromatic carbocycles. The van der Waals surface area contributed by atoms with Crippen LogP contribution < -0.4 is 24.5 Å². The Bertz CT molecular complexity index is 1650. The quantitative estimate of drug-likeness (QED) is 0.165. The van der Waals surface area contributed by atoms with Crippen molar-refractivity contribution < 1.29 is 23.9 Å². The number of ether oxygens (including phenoxy) is 4. The summed E-state index contributed by atoms with van der Waals surface area (Å²) in [4.78, 5) is 29.0. The van der Waals surface area contributed by atoms with E-state index < -0.39 is 4.92 Å². The van der Waals surface area contributed by atoms with Crippen molar-refractivity contribution >= 4 is 38.7 Å². The van der Waals surface area contributed by atoms with Gasteiger partial charge < -0.3 is 18.9 Å². The van der Waals surface area contributed by atoms with Gasteiger partial charge in [-0.2, -0.15) is 9.78 Å². The molecule has 5 rings (SSSR count). The molecule has 0 aliphatic carbocycles. The molecule has 0 bridgehead atoms. The number of benzene rings is 3. The third kappa shape index (κ3) is 4.90. The van der Waals surface area contributed by atoms with E-state index in [1.165, 1.54) is 24.1 Å². The second kappa shape index (κ2) is 10.5. The van der Waals surface area contributed by atoms with Gasteiger partial charge in [-0.1, -0.05) is 28.9 Å². The molecule has 194 valence electrons. The summed E-state index contributed by atoms with van der Waals surface area (Å²) in [5.74, 6) is 1.77. The monoisotopic (exact) mass is 580 g/mol. The topological polar surface area (TPSA) is 127 Å². The Balaban J connectivity index is 1.49. The summed E-state index contributed by atoms with van der Waals surface area (Å²) in [6.45, 7) is 2.04. The van der Waals surface area contributed by atoms with Crippen LogP contribution in [0.5, 0.6) is 23.0 Å². The van der Waals surface area contributed by atoms with E-state index in [9.17, 15) is 14.9 Å².